The van der Waals surface area contributed by atoms with Crippen LogP contribution in [0.3, 0.4) is 0 Å². The average molecular weight is 494 g/mol. The number of nitriles is 1. The Kier molecular flexibility index (Phi) is 4.40. The summed E-state index contributed by atoms with van der Waals surface area (Å²) in [6.07, 6.45) is 1.60. The van der Waals surface area contributed by atoms with Crippen molar-refractivity contribution >= 4 is 39.2 Å². The number of rotatable bonds is 4. The van der Waals surface area contributed by atoms with E-state index in [0.29, 0.717) is 46.9 Å². The van der Waals surface area contributed by atoms with Crippen LogP contribution in [0.25, 0.3) is 21.7 Å². The van der Waals surface area contributed by atoms with Crippen LogP contribution in [0, 0.1) is 23.2 Å². The van der Waals surface area contributed by atoms with Crippen LogP contribution in [0.5, 0.6) is 0 Å². The van der Waals surface area contributed by atoms with Crippen LogP contribution in [-0.4, -0.2) is 27.8 Å². The molecule has 4 aromatic rings. The summed E-state index contributed by atoms with van der Waals surface area (Å²) in [6, 6.07) is 20.2. The van der Waals surface area contributed by atoms with Gasteiger partial charge in [0, 0.05) is 5.39 Å². The highest BCUT2D eigenvalue weighted by atomic mass is 16.5. The molecular weight excluding hydrogens is 470 g/mol. The van der Waals surface area contributed by atoms with Crippen molar-refractivity contribution in [3.63, 3.8) is 0 Å². The highest BCUT2D eigenvalue weighted by Gasteiger charge is 2.74. The van der Waals surface area contributed by atoms with Gasteiger partial charge in [-0.05, 0) is 49.8 Å². The number of para-hydroxylation sites is 1. The minimum atomic E-state index is -0.886. The lowest BCUT2D eigenvalue weighted by Crippen LogP contribution is -2.43. The molecule has 3 aliphatic heterocycles. The van der Waals surface area contributed by atoms with E-state index in [-0.39, 0.29) is 23.9 Å². The first-order chi connectivity index (χ1) is 17.9. The van der Waals surface area contributed by atoms with Gasteiger partial charge in [0.25, 0.3) is 5.56 Å². The number of hydrogen-bond donors (Lipinski definition) is 0. The molecule has 7 rings (SSSR count). The van der Waals surface area contributed by atoms with Crippen molar-refractivity contribution in [3.8, 4) is 6.07 Å². The molecule has 4 unspecified atom stereocenters. The van der Waals surface area contributed by atoms with Crippen molar-refractivity contribution in [3.05, 3.63) is 76.6 Å². The summed E-state index contributed by atoms with van der Waals surface area (Å²) in [6.45, 7) is 2.13. The Morgan fingerprint density at radius 3 is 2.46 bits per heavy atom. The largest absolute Gasteiger partial charge is 0.376 e. The smallest absolute Gasteiger partial charge is 0.290 e. The van der Waals surface area contributed by atoms with Gasteiger partial charge in [-0.2, -0.15) is 10.0 Å². The van der Waals surface area contributed by atoms with E-state index < -0.39 is 23.0 Å². The highest BCUT2D eigenvalue weighted by Crippen LogP contribution is 2.62. The van der Waals surface area contributed by atoms with Crippen LogP contribution in [-0.2, 0) is 20.9 Å². The number of benzene rings is 3. The molecule has 3 aliphatic rings. The molecule has 0 saturated carbocycles. The zero-order valence-corrected chi connectivity index (χ0v) is 20.1. The zero-order chi connectivity index (χ0) is 25.5. The van der Waals surface area contributed by atoms with Gasteiger partial charge in [0.15, 0.2) is 5.58 Å². The molecule has 2 bridgehead atoms. The SMILES string of the molecule is CC12CCC(CCn3oc4ccccc4c3=O)(O1)C1C(=O)N(c3ccc4ccccc4c3C#N)C(=O)C12. The summed E-state index contributed by atoms with van der Waals surface area (Å²) in [5.74, 6) is -2.00. The number of carbonyl (C=O) groups excluding carboxylic acids is 2. The topological polar surface area (TPSA) is 106 Å². The summed E-state index contributed by atoms with van der Waals surface area (Å²) in [4.78, 5) is 41.8. The molecule has 3 aromatic carbocycles. The number of nitrogens with zero attached hydrogens (tertiary/aromatic N) is 3. The van der Waals surface area contributed by atoms with Crippen LogP contribution in [0.1, 0.15) is 31.7 Å². The van der Waals surface area contributed by atoms with Crippen LogP contribution >= 0.6 is 0 Å². The summed E-state index contributed by atoms with van der Waals surface area (Å²) in [7, 11) is 0. The molecule has 8 nitrogen and oxygen atoms in total. The van der Waals surface area contributed by atoms with Gasteiger partial charge in [0.2, 0.25) is 11.8 Å². The van der Waals surface area contributed by atoms with Crippen LogP contribution in [0.4, 0.5) is 5.69 Å². The number of imide groups is 1. The second kappa shape index (κ2) is 7.40. The molecule has 0 spiro atoms. The lowest BCUT2D eigenvalue weighted by atomic mass is 9.67. The third kappa shape index (κ3) is 2.83. The molecule has 0 aliphatic carbocycles. The number of anilines is 1. The lowest BCUT2D eigenvalue weighted by Gasteiger charge is -2.31. The van der Waals surface area contributed by atoms with E-state index in [9.17, 15) is 19.6 Å². The predicted octanol–water partition coefficient (Wildman–Crippen LogP) is 4.14. The molecule has 184 valence electrons. The standard InChI is InChI=1S/C29H23N3O5/c1-28-12-13-29(37-28,14-15-31-25(33)19-8-4-5-9-22(19)36-31)24-23(28)26(34)32(27(24)35)21-11-10-17-6-2-3-7-18(17)20(21)16-30/h2-11,23-24H,12-15H2,1H3. The Bertz CT molecular complexity index is 1750. The number of amides is 2. The van der Waals surface area contributed by atoms with Crippen molar-refractivity contribution in [1.29, 1.82) is 5.26 Å². The van der Waals surface area contributed by atoms with Gasteiger partial charge >= 0.3 is 0 Å². The van der Waals surface area contributed by atoms with Gasteiger partial charge in [0.05, 0.1) is 46.2 Å². The van der Waals surface area contributed by atoms with Gasteiger partial charge < -0.3 is 9.26 Å². The molecule has 0 N–H and O–H groups in total. The fourth-order valence-corrected chi connectivity index (χ4v) is 6.87. The van der Waals surface area contributed by atoms with E-state index in [0.717, 1.165) is 5.39 Å². The van der Waals surface area contributed by atoms with Crippen molar-refractivity contribution in [2.24, 2.45) is 11.8 Å². The fourth-order valence-electron chi connectivity index (χ4n) is 6.87. The van der Waals surface area contributed by atoms with E-state index in [1.807, 2.05) is 37.3 Å². The first kappa shape index (κ1) is 22.0. The maximum atomic E-state index is 14.0. The van der Waals surface area contributed by atoms with Crippen LogP contribution in [0.2, 0.25) is 0 Å². The number of aryl methyl sites for hydroxylation is 1. The minimum absolute atomic E-state index is 0.229. The van der Waals surface area contributed by atoms with Gasteiger partial charge in [-0.3, -0.25) is 14.4 Å². The molecule has 0 radical (unpaired) electrons. The fraction of sp³-hybridized carbons (Fsp3) is 0.310. The van der Waals surface area contributed by atoms with Crippen molar-refractivity contribution < 1.29 is 18.8 Å². The Hall–Kier alpha value is -4.22. The van der Waals surface area contributed by atoms with Gasteiger partial charge in [-0.15, -0.1) is 0 Å². The second-order valence-electron chi connectivity index (χ2n) is 10.5. The van der Waals surface area contributed by atoms with E-state index in [4.69, 9.17) is 9.26 Å². The Morgan fingerprint density at radius 1 is 0.946 bits per heavy atom. The number of aromatic nitrogens is 1. The van der Waals surface area contributed by atoms with Gasteiger partial charge in [0.1, 0.15) is 6.07 Å². The van der Waals surface area contributed by atoms with Crippen LogP contribution < -0.4 is 10.5 Å². The number of fused-ring (bicyclic) bond motifs is 7. The van der Waals surface area contributed by atoms with E-state index in [2.05, 4.69) is 6.07 Å². The molecule has 37 heavy (non-hydrogen) atoms. The van der Waals surface area contributed by atoms with E-state index in [1.165, 1.54) is 9.64 Å². The molecule has 8 heteroatoms. The Balaban J connectivity index is 1.27. The molecule has 4 heterocycles. The van der Waals surface area contributed by atoms with Crippen molar-refractivity contribution in [1.82, 2.24) is 4.74 Å². The maximum Gasteiger partial charge on any atom is 0.290 e. The highest BCUT2D eigenvalue weighted by molar-refractivity contribution is 6.24. The number of ether oxygens (including phenoxy) is 1. The third-order valence-corrected chi connectivity index (χ3v) is 8.56. The summed E-state index contributed by atoms with van der Waals surface area (Å²) < 4.78 is 13.6. The molecule has 3 fully saturated rings. The number of carbonyl (C=O) groups is 2. The second-order valence-corrected chi connectivity index (χ2v) is 10.5. The summed E-state index contributed by atoms with van der Waals surface area (Å²) >= 11 is 0. The minimum Gasteiger partial charge on any atom is -0.376 e. The van der Waals surface area contributed by atoms with Gasteiger partial charge in [-0.25, -0.2) is 4.90 Å². The Morgan fingerprint density at radius 2 is 1.68 bits per heavy atom. The maximum absolute atomic E-state index is 14.0. The average Bonchev–Trinajstić information content (AvgIpc) is 3.59. The quantitative estimate of drug-likeness (QED) is 0.396. The molecule has 2 amide bonds. The first-order valence-electron chi connectivity index (χ1n) is 12.5. The van der Waals surface area contributed by atoms with Gasteiger partial charge in [-0.1, -0.05) is 42.5 Å². The van der Waals surface area contributed by atoms with Crippen molar-refractivity contribution in [2.45, 2.75) is 43.9 Å². The number of hydrogen-bond acceptors (Lipinski definition) is 6. The van der Waals surface area contributed by atoms with Crippen LogP contribution in [0.15, 0.2) is 70.0 Å². The first-order valence-corrected chi connectivity index (χ1v) is 12.5. The third-order valence-electron chi connectivity index (χ3n) is 8.56. The molecule has 4 atom stereocenters. The summed E-state index contributed by atoms with van der Waals surface area (Å²) in [5.41, 5.74) is -0.770. The lowest BCUT2D eigenvalue weighted by molar-refractivity contribution is -0.131. The molecular formula is C29H23N3O5. The summed E-state index contributed by atoms with van der Waals surface area (Å²) in [5, 5.41) is 12.1. The van der Waals surface area contributed by atoms with Crippen molar-refractivity contribution in [2.75, 3.05) is 4.90 Å². The predicted molar refractivity (Wildman–Crippen MR) is 135 cm³/mol. The monoisotopic (exact) mass is 493 g/mol. The molecule has 3 saturated heterocycles. The normalized spacial score (nSPS) is 28.4. The van der Waals surface area contributed by atoms with E-state index in [1.54, 1.807) is 30.3 Å². The molecule has 1 aromatic heterocycles. The zero-order valence-electron chi connectivity index (χ0n) is 20.1. The Labute approximate surface area is 211 Å². The van der Waals surface area contributed by atoms with E-state index >= 15 is 0 Å².